The maximum absolute atomic E-state index is 10.8. The first-order chi connectivity index (χ1) is 6.61. The maximum atomic E-state index is 10.8. The lowest BCUT2D eigenvalue weighted by Crippen LogP contribution is -2.39. The predicted octanol–water partition coefficient (Wildman–Crippen LogP) is 1.63. The minimum Gasteiger partial charge on any atom is -0.368 e. The molecular weight excluding hydrogens is 212 g/mol. The fourth-order valence-electron chi connectivity index (χ4n) is 1.30. The molecule has 3 nitrogen and oxygen atoms in total. The van der Waals surface area contributed by atoms with E-state index in [0.29, 0.717) is 0 Å². The van der Waals surface area contributed by atoms with E-state index in [9.17, 15) is 4.79 Å². The van der Waals surface area contributed by atoms with E-state index < -0.39 is 0 Å². The number of amides is 1. The zero-order chi connectivity index (χ0) is 10.6. The molecule has 0 bridgehead atoms. The SMILES string of the molecule is C[C@H](N[C@@H](C)c1ccccc1)C(N)=O.Cl. The normalized spacial score (nSPS) is 13.7. The fourth-order valence-corrected chi connectivity index (χ4v) is 1.30. The van der Waals surface area contributed by atoms with Gasteiger partial charge in [-0.05, 0) is 19.4 Å². The number of rotatable bonds is 4. The number of benzene rings is 1. The second-order valence-electron chi connectivity index (χ2n) is 3.42. The molecule has 0 aromatic heterocycles. The summed E-state index contributed by atoms with van der Waals surface area (Å²) in [4.78, 5) is 10.8. The van der Waals surface area contributed by atoms with E-state index in [-0.39, 0.29) is 30.4 Å². The van der Waals surface area contributed by atoms with Crippen LogP contribution in [0.5, 0.6) is 0 Å². The Labute approximate surface area is 96.5 Å². The summed E-state index contributed by atoms with van der Waals surface area (Å²) in [7, 11) is 0. The topological polar surface area (TPSA) is 55.1 Å². The molecule has 0 fully saturated rings. The monoisotopic (exact) mass is 228 g/mol. The van der Waals surface area contributed by atoms with Crippen molar-refractivity contribution in [2.45, 2.75) is 25.9 Å². The second-order valence-corrected chi connectivity index (χ2v) is 3.42. The van der Waals surface area contributed by atoms with Crippen molar-refractivity contribution in [2.75, 3.05) is 0 Å². The van der Waals surface area contributed by atoms with Crippen LogP contribution in [0.3, 0.4) is 0 Å². The Morgan fingerprint density at radius 3 is 2.27 bits per heavy atom. The van der Waals surface area contributed by atoms with Gasteiger partial charge < -0.3 is 5.73 Å². The summed E-state index contributed by atoms with van der Waals surface area (Å²) in [6.07, 6.45) is 0. The molecule has 84 valence electrons. The van der Waals surface area contributed by atoms with Gasteiger partial charge in [-0.1, -0.05) is 30.3 Å². The summed E-state index contributed by atoms with van der Waals surface area (Å²) in [6.45, 7) is 3.77. The number of hydrogen-bond acceptors (Lipinski definition) is 2. The smallest absolute Gasteiger partial charge is 0.234 e. The molecule has 0 spiro atoms. The molecule has 0 radical (unpaired) electrons. The summed E-state index contributed by atoms with van der Waals surface area (Å²) in [5, 5.41) is 3.12. The van der Waals surface area contributed by atoms with E-state index in [1.165, 1.54) is 0 Å². The third kappa shape index (κ3) is 4.32. The van der Waals surface area contributed by atoms with Crippen LogP contribution in [-0.4, -0.2) is 11.9 Å². The highest BCUT2D eigenvalue weighted by Gasteiger charge is 2.12. The average molecular weight is 229 g/mol. The summed E-state index contributed by atoms with van der Waals surface area (Å²) in [5.41, 5.74) is 6.31. The third-order valence-electron chi connectivity index (χ3n) is 2.23. The molecule has 1 rings (SSSR count). The van der Waals surface area contributed by atoms with Crippen LogP contribution >= 0.6 is 12.4 Å². The summed E-state index contributed by atoms with van der Waals surface area (Å²) in [6, 6.07) is 9.79. The van der Waals surface area contributed by atoms with Crippen molar-refractivity contribution >= 4 is 18.3 Å². The first kappa shape index (κ1) is 13.9. The van der Waals surface area contributed by atoms with Gasteiger partial charge in [0.25, 0.3) is 0 Å². The highest BCUT2D eigenvalue weighted by molar-refractivity contribution is 5.85. The van der Waals surface area contributed by atoms with E-state index in [2.05, 4.69) is 5.32 Å². The highest BCUT2D eigenvalue weighted by atomic mass is 35.5. The van der Waals surface area contributed by atoms with Crippen molar-refractivity contribution in [3.8, 4) is 0 Å². The van der Waals surface area contributed by atoms with Crippen LogP contribution < -0.4 is 11.1 Å². The average Bonchev–Trinajstić information content (AvgIpc) is 2.19. The molecule has 1 aromatic carbocycles. The fraction of sp³-hybridized carbons (Fsp3) is 0.364. The Morgan fingerprint density at radius 1 is 1.27 bits per heavy atom. The van der Waals surface area contributed by atoms with Gasteiger partial charge in [-0.15, -0.1) is 12.4 Å². The quantitative estimate of drug-likeness (QED) is 0.823. The minimum absolute atomic E-state index is 0. The lowest BCUT2D eigenvalue weighted by Gasteiger charge is -2.17. The van der Waals surface area contributed by atoms with Gasteiger partial charge in [0.05, 0.1) is 6.04 Å². The number of halogens is 1. The van der Waals surface area contributed by atoms with Gasteiger partial charge in [0.2, 0.25) is 5.91 Å². The molecule has 0 saturated carbocycles. The molecule has 1 amide bonds. The summed E-state index contributed by atoms with van der Waals surface area (Å²) >= 11 is 0. The Morgan fingerprint density at radius 2 is 1.80 bits per heavy atom. The van der Waals surface area contributed by atoms with Crippen molar-refractivity contribution in [1.29, 1.82) is 0 Å². The van der Waals surface area contributed by atoms with Crippen molar-refractivity contribution < 1.29 is 4.79 Å². The van der Waals surface area contributed by atoms with Crippen LogP contribution in [0.2, 0.25) is 0 Å². The first-order valence-electron chi connectivity index (χ1n) is 4.71. The molecule has 4 heteroatoms. The molecule has 0 heterocycles. The van der Waals surface area contributed by atoms with E-state index in [1.807, 2.05) is 37.3 Å². The van der Waals surface area contributed by atoms with Crippen LogP contribution in [0.4, 0.5) is 0 Å². The van der Waals surface area contributed by atoms with Crippen LogP contribution in [0.15, 0.2) is 30.3 Å². The molecule has 3 N–H and O–H groups in total. The Balaban J connectivity index is 0.00000196. The molecule has 1 aromatic rings. The number of hydrogen-bond donors (Lipinski definition) is 2. The largest absolute Gasteiger partial charge is 0.368 e. The van der Waals surface area contributed by atoms with Gasteiger partial charge in [0, 0.05) is 6.04 Å². The number of carbonyl (C=O) groups is 1. The second kappa shape index (κ2) is 6.43. The predicted molar refractivity (Wildman–Crippen MR) is 63.9 cm³/mol. The first-order valence-corrected chi connectivity index (χ1v) is 4.71. The van der Waals surface area contributed by atoms with Crippen LogP contribution in [0, 0.1) is 0 Å². The number of nitrogens with two attached hydrogens (primary N) is 1. The van der Waals surface area contributed by atoms with Crippen molar-refractivity contribution in [3.63, 3.8) is 0 Å². The molecule has 0 aliphatic heterocycles. The number of primary amides is 1. The molecule has 2 atom stereocenters. The maximum Gasteiger partial charge on any atom is 0.234 e. The zero-order valence-corrected chi connectivity index (χ0v) is 9.75. The van der Waals surface area contributed by atoms with E-state index in [4.69, 9.17) is 5.73 Å². The Hall–Kier alpha value is -1.06. The van der Waals surface area contributed by atoms with Gasteiger partial charge in [-0.3, -0.25) is 10.1 Å². The van der Waals surface area contributed by atoms with Gasteiger partial charge in [0.15, 0.2) is 0 Å². The summed E-state index contributed by atoms with van der Waals surface area (Å²) in [5.74, 6) is -0.326. The Bertz CT molecular complexity index is 303. The van der Waals surface area contributed by atoms with Gasteiger partial charge in [-0.2, -0.15) is 0 Å². The summed E-state index contributed by atoms with van der Waals surface area (Å²) < 4.78 is 0. The minimum atomic E-state index is -0.326. The van der Waals surface area contributed by atoms with E-state index in [0.717, 1.165) is 5.56 Å². The third-order valence-corrected chi connectivity index (χ3v) is 2.23. The van der Waals surface area contributed by atoms with Crippen LogP contribution in [-0.2, 0) is 4.79 Å². The number of carbonyl (C=O) groups excluding carboxylic acids is 1. The van der Waals surface area contributed by atoms with Crippen molar-refractivity contribution in [2.24, 2.45) is 5.73 Å². The van der Waals surface area contributed by atoms with Crippen molar-refractivity contribution in [1.82, 2.24) is 5.32 Å². The molecular formula is C11H17ClN2O. The Kier molecular flexibility index (Phi) is 5.97. The van der Waals surface area contributed by atoms with E-state index >= 15 is 0 Å². The standard InChI is InChI=1S/C11H16N2O.ClH/c1-8(13-9(2)11(12)14)10-6-4-3-5-7-10;/h3-9,13H,1-2H3,(H2,12,14);1H/t8-,9-;/m0./s1. The van der Waals surface area contributed by atoms with Gasteiger partial charge >= 0.3 is 0 Å². The highest BCUT2D eigenvalue weighted by Crippen LogP contribution is 2.11. The van der Waals surface area contributed by atoms with Crippen molar-refractivity contribution in [3.05, 3.63) is 35.9 Å². The van der Waals surface area contributed by atoms with Gasteiger partial charge in [-0.25, -0.2) is 0 Å². The van der Waals surface area contributed by atoms with Crippen LogP contribution in [0.1, 0.15) is 25.5 Å². The molecule has 0 saturated heterocycles. The number of nitrogens with one attached hydrogen (secondary N) is 1. The van der Waals surface area contributed by atoms with Crippen LogP contribution in [0.25, 0.3) is 0 Å². The van der Waals surface area contributed by atoms with E-state index in [1.54, 1.807) is 6.92 Å². The lowest BCUT2D eigenvalue weighted by atomic mass is 10.1. The lowest BCUT2D eigenvalue weighted by molar-refractivity contribution is -0.119. The molecule has 0 aliphatic carbocycles. The molecule has 0 unspecified atom stereocenters. The van der Waals surface area contributed by atoms with Gasteiger partial charge in [0.1, 0.15) is 0 Å². The zero-order valence-electron chi connectivity index (χ0n) is 8.94. The molecule has 15 heavy (non-hydrogen) atoms. The molecule has 0 aliphatic rings.